The molecule has 1 fully saturated rings. The molecule has 0 bridgehead atoms. The lowest BCUT2D eigenvalue weighted by molar-refractivity contribution is -0.115. The Hall–Kier alpha value is -3.21. The Morgan fingerprint density at radius 1 is 1.25 bits per heavy atom. The normalized spacial score (nSPS) is 14.8. The van der Waals surface area contributed by atoms with E-state index >= 15 is 0 Å². The molecule has 136 valence electrons. The molecule has 28 heavy (non-hydrogen) atoms. The van der Waals surface area contributed by atoms with Crippen LogP contribution in [0.15, 0.2) is 52.0 Å². The molecule has 2 aromatic heterocycles. The molecule has 1 saturated heterocycles. The second-order valence-corrected chi connectivity index (χ2v) is 7.68. The molecule has 1 aliphatic rings. The molecule has 1 aromatic carbocycles. The predicted molar refractivity (Wildman–Crippen MR) is 113 cm³/mol. The number of hydrogen-bond acceptors (Lipinski definition) is 6. The molecule has 0 atom stereocenters. The highest BCUT2D eigenvalue weighted by Gasteiger charge is 2.22. The van der Waals surface area contributed by atoms with Crippen LogP contribution >= 0.6 is 24.0 Å². The molecule has 1 aliphatic heterocycles. The quantitative estimate of drug-likeness (QED) is 0.302. The molecule has 0 radical (unpaired) electrons. The number of fused-ring (bicyclic) bond motifs is 1. The predicted octanol–water partition coefficient (Wildman–Crippen LogP) is 3.92. The molecule has 3 aromatic rings. The maximum atomic E-state index is 11.8. The number of ketones is 1. The van der Waals surface area contributed by atoms with Crippen LogP contribution in [-0.4, -0.2) is 21.0 Å². The number of Topliss-reactive ketones (excluding diaryl/α,β-unsaturated/α-hetero) is 1. The van der Waals surface area contributed by atoms with Crippen molar-refractivity contribution in [3.63, 3.8) is 0 Å². The van der Waals surface area contributed by atoms with Crippen LogP contribution in [0.4, 0.5) is 0 Å². The summed E-state index contributed by atoms with van der Waals surface area (Å²) in [6.07, 6.45) is 4.92. The number of amides is 1. The Morgan fingerprint density at radius 2 is 2.04 bits per heavy atom. The number of nitrogens with zero attached hydrogens (tertiary/aromatic N) is 1. The first-order chi connectivity index (χ1) is 13.5. The molecule has 7 heteroatoms. The standard InChI is InChI=1S/C21H12N2O3S2/c1-12(24)17-5-3-2-4-13(17)6-7-14-10-22-11-15-8-16(26-19(14)15)9-18-20(25)23-21(27)28-18/h2-5,8-11H,1H3,(H,23,25,27)/b18-9-. The third-order valence-electron chi connectivity index (χ3n) is 4.00. The maximum absolute atomic E-state index is 11.8. The van der Waals surface area contributed by atoms with E-state index in [4.69, 9.17) is 16.6 Å². The highest BCUT2D eigenvalue weighted by atomic mass is 32.2. The van der Waals surface area contributed by atoms with Gasteiger partial charge < -0.3 is 9.73 Å². The molecule has 5 nitrogen and oxygen atoms in total. The van der Waals surface area contributed by atoms with E-state index < -0.39 is 0 Å². The fourth-order valence-corrected chi connectivity index (χ4v) is 3.75. The van der Waals surface area contributed by atoms with Crippen LogP contribution in [0.5, 0.6) is 0 Å². The van der Waals surface area contributed by atoms with Crippen molar-refractivity contribution in [1.82, 2.24) is 10.3 Å². The fraction of sp³-hybridized carbons (Fsp3) is 0.0476. The molecule has 0 aliphatic carbocycles. The van der Waals surface area contributed by atoms with Gasteiger partial charge in [0.1, 0.15) is 10.1 Å². The lowest BCUT2D eigenvalue weighted by atomic mass is 10.0. The molecule has 0 saturated carbocycles. The van der Waals surface area contributed by atoms with E-state index in [1.807, 2.05) is 6.07 Å². The molecule has 3 heterocycles. The number of thiocarbonyl (C=S) groups is 1. The molecule has 0 unspecified atom stereocenters. The first-order valence-electron chi connectivity index (χ1n) is 8.25. The van der Waals surface area contributed by atoms with Crippen molar-refractivity contribution < 1.29 is 14.0 Å². The summed E-state index contributed by atoms with van der Waals surface area (Å²) >= 11 is 6.18. The monoisotopic (exact) mass is 404 g/mol. The summed E-state index contributed by atoms with van der Waals surface area (Å²) in [6.45, 7) is 1.51. The average Bonchev–Trinajstić information content (AvgIpc) is 3.22. The minimum Gasteiger partial charge on any atom is -0.455 e. The average molecular weight is 404 g/mol. The molecular weight excluding hydrogens is 392 g/mol. The van der Waals surface area contributed by atoms with E-state index in [1.165, 1.54) is 18.7 Å². The van der Waals surface area contributed by atoms with E-state index in [2.05, 4.69) is 22.1 Å². The number of furan rings is 1. The maximum Gasteiger partial charge on any atom is 0.263 e. The zero-order chi connectivity index (χ0) is 19.7. The number of pyridine rings is 1. The minimum atomic E-state index is -0.241. The van der Waals surface area contributed by atoms with Gasteiger partial charge in [0.15, 0.2) is 11.4 Å². The van der Waals surface area contributed by atoms with Crippen LogP contribution in [0.25, 0.3) is 17.0 Å². The van der Waals surface area contributed by atoms with Gasteiger partial charge in [-0.15, -0.1) is 0 Å². The Bertz CT molecular complexity index is 1250. The van der Waals surface area contributed by atoms with Gasteiger partial charge in [0.05, 0.1) is 10.5 Å². The summed E-state index contributed by atoms with van der Waals surface area (Å²) in [5.41, 5.74) is 2.38. The minimum absolute atomic E-state index is 0.0432. The smallest absolute Gasteiger partial charge is 0.263 e. The Kier molecular flexibility index (Phi) is 4.82. The van der Waals surface area contributed by atoms with Gasteiger partial charge in [0.2, 0.25) is 0 Å². The first-order valence-corrected chi connectivity index (χ1v) is 9.48. The molecule has 1 N–H and O–H groups in total. The Balaban J connectivity index is 1.74. The van der Waals surface area contributed by atoms with Crippen LogP contribution in [0.1, 0.15) is 34.2 Å². The number of carbonyl (C=O) groups is 2. The van der Waals surface area contributed by atoms with E-state index in [9.17, 15) is 9.59 Å². The number of carbonyl (C=O) groups excluding carboxylic acids is 2. The van der Waals surface area contributed by atoms with Gasteiger partial charge in [0, 0.05) is 35.0 Å². The lowest BCUT2D eigenvalue weighted by Crippen LogP contribution is -2.17. The number of hydrogen-bond donors (Lipinski definition) is 1. The Morgan fingerprint density at radius 3 is 2.79 bits per heavy atom. The summed E-state index contributed by atoms with van der Waals surface area (Å²) in [6, 6.07) is 8.98. The van der Waals surface area contributed by atoms with Crippen molar-refractivity contribution in [3.05, 3.63) is 70.1 Å². The first kappa shape index (κ1) is 18.2. The van der Waals surface area contributed by atoms with Crippen molar-refractivity contribution in [2.45, 2.75) is 6.92 Å². The Labute approximate surface area is 170 Å². The van der Waals surface area contributed by atoms with Gasteiger partial charge in [-0.2, -0.15) is 0 Å². The second-order valence-electron chi connectivity index (χ2n) is 5.96. The topological polar surface area (TPSA) is 72.2 Å². The summed E-state index contributed by atoms with van der Waals surface area (Å²) in [7, 11) is 0. The molecule has 4 rings (SSSR count). The summed E-state index contributed by atoms with van der Waals surface area (Å²) < 4.78 is 6.31. The van der Waals surface area contributed by atoms with Crippen molar-refractivity contribution in [2.75, 3.05) is 0 Å². The lowest BCUT2D eigenvalue weighted by Gasteiger charge is -1.98. The number of thioether (sulfide) groups is 1. The highest BCUT2D eigenvalue weighted by molar-refractivity contribution is 8.26. The van der Waals surface area contributed by atoms with Crippen molar-refractivity contribution in [1.29, 1.82) is 0 Å². The van der Waals surface area contributed by atoms with E-state index in [0.717, 1.165) is 5.39 Å². The summed E-state index contributed by atoms with van der Waals surface area (Å²) in [5, 5.41) is 3.34. The second kappa shape index (κ2) is 7.43. The third kappa shape index (κ3) is 3.60. The fourth-order valence-electron chi connectivity index (χ4n) is 2.73. The van der Waals surface area contributed by atoms with Crippen LogP contribution < -0.4 is 5.32 Å². The van der Waals surface area contributed by atoms with Crippen LogP contribution in [0.3, 0.4) is 0 Å². The van der Waals surface area contributed by atoms with Crippen LogP contribution in [0, 0.1) is 11.8 Å². The van der Waals surface area contributed by atoms with Crippen LogP contribution in [0.2, 0.25) is 0 Å². The van der Waals surface area contributed by atoms with Gasteiger partial charge in [-0.1, -0.05) is 54.0 Å². The number of nitrogens with one attached hydrogen (secondary N) is 1. The van der Waals surface area contributed by atoms with Gasteiger partial charge >= 0.3 is 0 Å². The van der Waals surface area contributed by atoms with Crippen molar-refractivity contribution in [3.8, 4) is 11.8 Å². The van der Waals surface area contributed by atoms with E-state index in [1.54, 1.807) is 42.7 Å². The SMILES string of the molecule is CC(=O)c1ccccc1C#Cc1cncc2cc(/C=C3\SC(=S)NC3=O)oc12. The third-order valence-corrected chi connectivity index (χ3v) is 5.16. The zero-order valence-electron chi connectivity index (χ0n) is 14.6. The number of rotatable bonds is 2. The van der Waals surface area contributed by atoms with E-state index in [0.29, 0.717) is 37.3 Å². The summed E-state index contributed by atoms with van der Waals surface area (Å²) in [5.74, 6) is 6.29. The summed E-state index contributed by atoms with van der Waals surface area (Å²) in [4.78, 5) is 28.3. The largest absolute Gasteiger partial charge is 0.455 e. The molecule has 0 spiro atoms. The van der Waals surface area contributed by atoms with Gasteiger partial charge in [-0.25, -0.2) is 0 Å². The van der Waals surface area contributed by atoms with Crippen LogP contribution in [-0.2, 0) is 4.79 Å². The van der Waals surface area contributed by atoms with Crippen molar-refractivity contribution >= 4 is 57.0 Å². The van der Waals surface area contributed by atoms with Gasteiger partial charge in [0.25, 0.3) is 5.91 Å². The van der Waals surface area contributed by atoms with E-state index in [-0.39, 0.29) is 11.7 Å². The van der Waals surface area contributed by atoms with Gasteiger partial charge in [-0.05, 0) is 19.1 Å². The molecular formula is C21H12N2O3S2. The highest BCUT2D eigenvalue weighted by Crippen LogP contribution is 2.29. The number of aromatic nitrogens is 1. The molecule has 1 amide bonds. The van der Waals surface area contributed by atoms with Gasteiger partial charge in [-0.3, -0.25) is 14.6 Å². The zero-order valence-corrected chi connectivity index (χ0v) is 16.2. The van der Waals surface area contributed by atoms with Crippen molar-refractivity contribution in [2.24, 2.45) is 0 Å². The number of benzene rings is 1.